The van der Waals surface area contributed by atoms with Gasteiger partial charge in [0.2, 0.25) is 5.91 Å². The Kier molecular flexibility index (Phi) is 4.45. The van der Waals surface area contributed by atoms with Crippen LogP contribution in [0.25, 0.3) is 6.08 Å². The average molecular weight is 341 g/mol. The van der Waals surface area contributed by atoms with Crippen LogP contribution in [-0.4, -0.2) is 5.91 Å². The predicted molar refractivity (Wildman–Crippen MR) is 80.3 cm³/mol. The van der Waals surface area contributed by atoms with Crippen LogP contribution in [0, 0.1) is 6.92 Å². The molecule has 0 bridgehead atoms. The molecule has 0 atom stereocenters. The largest absolute Gasteiger partial charge is 0.450 e. The molecular weight excluding hydrogens is 330 g/mol. The number of carbonyl (C=O) groups excluding carboxylic acids is 1. The molecule has 0 aliphatic rings. The van der Waals surface area contributed by atoms with Gasteiger partial charge in [-0.1, -0.05) is 11.6 Å². The summed E-state index contributed by atoms with van der Waals surface area (Å²) in [5, 5.41) is 3.42. The molecule has 3 nitrogen and oxygen atoms in total. The quantitative estimate of drug-likeness (QED) is 0.826. The van der Waals surface area contributed by atoms with Crippen LogP contribution in [0.4, 0.5) is 5.69 Å². The van der Waals surface area contributed by atoms with Crippen LogP contribution in [0.1, 0.15) is 11.3 Å². The van der Waals surface area contributed by atoms with Crippen molar-refractivity contribution in [2.75, 3.05) is 5.32 Å². The molecule has 19 heavy (non-hydrogen) atoms. The van der Waals surface area contributed by atoms with Crippen LogP contribution < -0.4 is 5.32 Å². The predicted octanol–water partition coefficient (Wildman–Crippen LogP) is 4.66. The SMILES string of the molecule is Cc1cc(Cl)ccc1NC(=O)/C=C/c1ccc(Br)o1. The van der Waals surface area contributed by atoms with E-state index in [1.807, 2.05) is 6.92 Å². The minimum atomic E-state index is -0.224. The first kappa shape index (κ1) is 13.9. The van der Waals surface area contributed by atoms with Crippen molar-refractivity contribution >= 4 is 45.2 Å². The normalized spacial score (nSPS) is 10.9. The van der Waals surface area contributed by atoms with Crippen molar-refractivity contribution in [2.24, 2.45) is 0 Å². The van der Waals surface area contributed by atoms with Gasteiger partial charge in [-0.05, 0) is 64.8 Å². The zero-order chi connectivity index (χ0) is 13.8. The van der Waals surface area contributed by atoms with E-state index in [0.29, 0.717) is 15.5 Å². The van der Waals surface area contributed by atoms with Gasteiger partial charge in [-0.3, -0.25) is 4.79 Å². The van der Waals surface area contributed by atoms with Crippen molar-refractivity contribution < 1.29 is 9.21 Å². The Labute approximate surface area is 124 Å². The van der Waals surface area contributed by atoms with Crippen LogP contribution in [0.2, 0.25) is 5.02 Å². The van der Waals surface area contributed by atoms with Gasteiger partial charge in [0, 0.05) is 16.8 Å². The van der Waals surface area contributed by atoms with E-state index in [-0.39, 0.29) is 5.91 Å². The molecule has 0 unspecified atom stereocenters. The summed E-state index contributed by atoms with van der Waals surface area (Å²) in [6.07, 6.45) is 3.02. The maximum Gasteiger partial charge on any atom is 0.248 e. The molecule has 1 heterocycles. The summed E-state index contributed by atoms with van der Waals surface area (Å²) >= 11 is 9.05. The summed E-state index contributed by atoms with van der Waals surface area (Å²) in [5.74, 6) is 0.382. The molecule has 0 saturated heterocycles. The topological polar surface area (TPSA) is 42.2 Å². The Bertz CT molecular complexity index is 634. The van der Waals surface area contributed by atoms with Gasteiger partial charge in [-0.25, -0.2) is 0 Å². The molecule has 2 aromatic rings. The fourth-order valence-electron chi connectivity index (χ4n) is 1.52. The smallest absolute Gasteiger partial charge is 0.248 e. The third kappa shape index (κ3) is 3.98. The van der Waals surface area contributed by atoms with Crippen LogP contribution in [-0.2, 0) is 4.79 Å². The number of anilines is 1. The van der Waals surface area contributed by atoms with Crippen LogP contribution in [0.15, 0.2) is 45.5 Å². The fourth-order valence-corrected chi connectivity index (χ4v) is 2.06. The molecule has 1 amide bonds. The summed E-state index contributed by atoms with van der Waals surface area (Å²) in [4.78, 5) is 11.7. The third-order valence-corrected chi connectivity index (χ3v) is 3.10. The van der Waals surface area contributed by atoms with Gasteiger partial charge in [0.1, 0.15) is 5.76 Å². The lowest BCUT2D eigenvalue weighted by Gasteiger charge is -2.06. The van der Waals surface area contributed by atoms with Crippen LogP contribution in [0.3, 0.4) is 0 Å². The van der Waals surface area contributed by atoms with Gasteiger partial charge >= 0.3 is 0 Å². The first-order chi connectivity index (χ1) is 9.04. The molecule has 1 N–H and O–H groups in total. The minimum absolute atomic E-state index is 0.224. The number of aryl methyl sites for hydroxylation is 1. The Balaban J connectivity index is 2.03. The summed E-state index contributed by atoms with van der Waals surface area (Å²) in [6.45, 7) is 1.88. The monoisotopic (exact) mass is 339 g/mol. The van der Waals surface area contributed by atoms with E-state index < -0.39 is 0 Å². The summed E-state index contributed by atoms with van der Waals surface area (Å²) in [6, 6.07) is 8.83. The lowest BCUT2D eigenvalue weighted by atomic mass is 10.2. The molecule has 0 aliphatic heterocycles. The molecule has 0 radical (unpaired) electrons. The molecule has 2 rings (SSSR count). The molecule has 0 spiro atoms. The zero-order valence-corrected chi connectivity index (χ0v) is 12.5. The highest BCUT2D eigenvalue weighted by Crippen LogP contribution is 2.20. The van der Waals surface area contributed by atoms with Crippen molar-refractivity contribution in [3.8, 4) is 0 Å². The van der Waals surface area contributed by atoms with Crippen molar-refractivity contribution in [3.63, 3.8) is 0 Å². The van der Waals surface area contributed by atoms with Gasteiger partial charge in [0.05, 0.1) is 0 Å². The second-order valence-electron chi connectivity index (χ2n) is 3.92. The molecule has 0 fully saturated rings. The number of hydrogen-bond acceptors (Lipinski definition) is 2. The van der Waals surface area contributed by atoms with Gasteiger partial charge in [-0.15, -0.1) is 0 Å². The lowest BCUT2D eigenvalue weighted by molar-refractivity contribution is -0.111. The number of carbonyl (C=O) groups is 1. The highest BCUT2D eigenvalue weighted by molar-refractivity contribution is 9.10. The minimum Gasteiger partial charge on any atom is -0.450 e. The number of amides is 1. The van der Waals surface area contributed by atoms with E-state index in [9.17, 15) is 4.79 Å². The third-order valence-electron chi connectivity index (χ3n) is 2.44. The standard InChI is InChI=1S/C14H11BrClNO2/c1-9-8-10(16)2-5-12(9)17-14(18)7-4-11-3-6-13(15)19-11/h2-8H,1H3,(H,17,18)/b7-4+. The Morgan fingerprint density at radius 3 is 2.79 bits per heavy atom. The average Bonchev–Trinajstić information content (AvgIpc) is 2.76. The van der Waals surface area contributed by atoms with E-state index in [4.69, 9.17) is 16.0 Å². The van der Waals surface area contributed by atoms with Gasteiger partial charge in [-0.2, -0.15) is 0 Å². The van der Waals surface area contributed by atoms with E-state index >= 15 is 0 Å². The Hall–Kier alpha value is -1.52. The fraction of sp³-hybridized carbons (Fsp3) is 0.0714. The number of benzene rings is 1. The number of furan rings is 1. The molecule has 5 heteroatoms. The number of rotatable bonds is 3. The van der Waals surface area contributed by atoms with Gasteiger partial charge < -0.3 is 9.73 Å². The maximum atomic E-state index is 11.7. The zero-order valence-electron chi connectivity index (χ0n) is 10.1. The number of hydrogen-bond donors (Lipinski definition) is 1. The highest BCUT2D eigenvalue weighted by atomic mass is 79.9. The molecular formula is C14H11BrClNO2. The highest BCUT2D eigenvalue weighted by Gasteiger charge is 2.02. The Morgan fingerprint density at radius 2 is 2.16 bits per heavy atom. The molecule has 98 valence electrons. The second kappa shape index (κ2) is 6.08. The second-order valence-corrected chi connectivity index (χ2v) is 5.14. The van der Waals surface area contributed by atoms with E-state index in [1.165, 1.54) is 6.08 Å². The van der Waals surface area contributed by atoms with Gasteiger partial charge in [0.15, 0.2) is 4.67 Å². The van der Waals surface area contributed by atoms with Crippen molar-refractivity contribution in [1.82, 2.24) is 0 Å². The molecule has 0 aliphatic carbocycles. The van der Waals surface area contributed by atoms with Crippen molar-refractivity contribution in [2.45, 2.75) is 6.92 Å². The Morgan fingerprint density at radius 1 is 1.37 bits per heavy atom. The van der Waals surface area contributed by atoms with E-state index in [0.717, 1.165) is 11.3 Å². The first-order valence-corrected chi connectivity index (χ1v) is 6.72. The van der Waals surface area contributed by atoms with Gasteiger partial charge in [0.25, 0.3) is 0 Å². The molecule has 1 aromatic carbocycles. The first-order valence-electron chi connectivity index (χ1n) is 5.55. The number of halogens is 2. The molecule has 1 aromatic heterocycles. The van der Waals surface area contributed by atoms with E-state index in [1.54, 1.807) is 36.4 Å². The van der Waals surface area contributed by atoms with Crippen LogP contribution in [0.5, 0.6) is 0 Å². The summed E-state index contributed by atoms with van der Waals surface area (Å²) in [5.41, 5.74) is 1.65. The van der Waals surface area contributed by atoms with Crippen molar-refractivity contribution in [3.05, 3.63) is 57.4 Å². The lowest BCUT2D eigenvalue weighted by Crippen LogP contribution is -2.08. The maximum absolute atomic E-state index is 11.7. The van der Waals surface area contributed by atoms with Crippen molar-refractivity contribution in [1.29, 1.82) is 0 Å². The van der Waals surface area contributed by atoms with E-state index in [2.05, 4.69) is 21.2 Å². The molecule has 0 saturated carbocycles. The summed E-state index contributed by atoms with van der Waals surface area (Å²) < 4.78 is 5.88. The summed E-state index contributed by atoms with van der Waals surface area (Å²) in [7, 11) is 0. The number of nitrogens with one attached hydrogen (secondary N) is 1. The van der Waals surface area contributed by atoms with Crippen LogP contribution >= 0.6 is 27.5 Å².